The number of hydrogen-bond donors (Lipinski definition) is 2. The number of aryl methyl sites for hydroxylation is 1. The highest BCUT2D eigenvalue weighted by Gasteiger charge is 2.26. The van der Waals surface area contributed by atoms with Gasteiger partial charge in [-0.3, -0.25) is 0 Å². The second-order valence-electron chi connectivity index (χ2n) is 7.77. The summed E-state index contributed by atoms with van der Waals surface area (Å²) in [7, 11) is 5.78. The van der Waals surface area contributed by atoms with Gasteiger partial charge >= 0.3 is 0 Å². The van der Waals surface area contributed by atoms with Crippen LogP contribution in [0.2, 0.25) is 0 Å². The zero-order valence-corrected chi connectivity index (χ0v) is 17.1. The standard InChI is InChI=1S/C23H29N3O2/c1-15-5-7-19-18(13-15)17-9-10-24-22(23(17)25-19)16-6-8-20(21(14-16)27-4)28-12-11-26(2)3/h5-8,13-14,22,24-25H,9-12H2,1-4H3. The number of methoxy groups -OCH3 is 1. The lowest BCUT2D eigenvalue weighted by Gasteiger charge is -2.25. The Morgan fingerprint density at radius 2 is 1.96 bits per heavy atom. The number of hydrogen-bond acceptors (Lipinski definition) is 4. The van der Waals surface area contributed by atoms with Crippen molar-refractivity contribution in [1.29, 1.82) is 0 Å². The summed E-state index contributed by atoms with van der Waals surface area (Å²) in [4.78, 5) is 5.75. The van der Waals surface area contributed by atoms with Crippen molar-refractivity contribution in [1.82, 2.24) is 15.2 Å². The second kappa shape index (κ2) is 7.86. The zero-order valence-electron chi connectivity index (χ0n) is 17.1. The van der Waals surface area contributed by atoms with Crippen LogP contribution in [0, 0.1) is 6.92 Å². The molecule has 3 aromatic rings. The fraction of sp³-hybridized carbons (Fsp3) is 0.391. The first-order valence-corrected chi connectivity index (χ1v) is 9.87. The number of ether oxygens (including phenoxy) is 2. The van der Waals surface area contributed by atoms with Crippen LogP contribution < -0.4 is 14.8 Å². The summed E-state index contributed by atoms with van der Waals surface area (Å²) in [5, 5.41) is 5.01. The first kappa shape index (κ1) is 18.8. The number of aromatic amines is 1. The minimum atomic E-state index is 0.126. The van der Waals surface area contributed by atoms with E-state index in [1.165, 1.54) is 33.3 Å². The van der Waals surface area contributed by atoms with E-state index in [4.69, 9.17) is 9.47 Å². The van der Waals surface area contributed by atoms with Crippen molar-refractivity contribution in [2.45, 2.75) is 19.4 Å². The van der Waals surface area contributed by atoms with Gasteiger partial charge in [-0.25, -0.2) is 0 Å². The van der Waals surface area contributed by atoms with Crippen LogP contribution in [0.25, 0.3) is 10.9 Å². The van der Waals surface area contributed by atoms with Crippen LogP contribution in [0.15, 0.2) is 36.4 Å². The molecular weight excluding hydrogens is 350 g/mol. The van der Waals surface area contributed by atoms with E-state index >= 15 is 0 Å². The monoisotopic (exact) mass is 379 g/mol. The molecule has 2 heterocycles. The summed E-state index contributed by atoms with van der Waals surface area (Å²) in [6.07, 6.45) is 1.04. The van der Waals surface area contributed by atoms with Gasteiger partial charge in [0.2, 0.25) is 0 Å². The highest BCUT2D eigenvalue weighted by molar-refractivity contribution is 5.86. The molecule has 0 saturated heterocycles. The largest absolute Gasteiger partial charge is 0.493 e. The quantitative estimate of drug-likeness (QED) is 0.686. The summed E-state index contributed by atoms with van der Waals surface area (Å²) < 4.78 is 11.5. The maximum absolute atomic E-state index is 5.92. The molecule has 1 aliphatic rings. The Kier molecular flexibility index (Phi) is 5.29. The number of aromatic nitrogens is 1. The van der Waals surface area contributed by atoms with E-state index in [-0.39, 0.29) is 6.04 Å². The number of nitrogens with one attached hydrogen (secondary N) is 2. The lowest BCUT2D eigenvalue weighted by molar-refractivity contribution is 0.250. The Bertz CT molecular complexity index is 977. The molecule has 1 unspecified atom stereocenters. The summed E-state index contributed by atoms with van der Waals surface area (Å²) >= 11 is 0. The van der Waals surface area contributed by atoms with E-state index in [1.54, 1.807) is 7.11 Å². The summed E-state index contributed by atoms with van der Waals surface area (Å²) in [6, 6.07) is 13.0. The average molecular weight is 380 g/mol. The number of likely N-dealkylation sites (N-methyl/N-ethyl adjacent to an activating group) is 1. The van der Waals surface area contributed by atoms with Crippen molar-refractivity contribution in [3.63, 3.8) is 0 Å². The summed E-state index contributed by atoms with van der Waals surface area (Å²) in [6.45, 7) is 4.61. The van der Waals surface area contributed by atoms with Gasteiger partial charge in [0.05, 0.1) is 13.2 Å². The molecule has 0 aliphatic carbocycles. The van der Waals surface area contributed by atoms with E-state index in [1.807, 2.05) is 20.2 Å². The van der Waals surface area contributed by atoms with Gasteiger partial charge in [-0.15, -0.1) is 0 Å². The molecule has 2 N–H and O–H groups in total. The van der Waals surface area contributed by atoms with Crippen molar-refractivity contribution in [3.8, 4) is 11.5 Å². The molecule has 0 fully saturated rings. The highest BCUT2D eigenvalue weighted by atomic mass is 16.5. The first-order valence-electron chi connectivity index (χ1n) is 9.87. The minimum absolute atomic E-state index is 0.126. The molecule has 0 radical (unpaired) electrons. The molecule has 5 nitrogen and oxygen atoms in total. The van der Waals surface area contributed by atoms with Crippen LogP contribution in [0.1, 0.15) is 28.4 Å². The molecule has 1 atom stereocenters. The molecule has 1 aromatic heterocycles. The Labute approximate surface area is 166 Å². The van der Waals surface area contributed by atoms with Crippen molar-refractivity contribution in [2.75, 3.05) is 40.9 Å². The van der Waals surface area contributed by atoms with Crippen LogP contribution in [-0.2, 0) is 6.42 Å². The summed E-state index contributed by atoms with van der Waals surface area (Å²) in [5.74, 6) is 1.56. The topological polar surface area (TPSA) is 49.5 Å². The third kappa shape index (κ3) is 3.60. The van der Waals surface area contributed by atoms with Gasteiger partial charge in [-0.1, -0.05) is 17.7 Å². The number of rotatable bonds is 6. The fourth-order valence-corrected chi connectivity index (χ4v) is 3.95. The predicted molar refractivity (Wildman–Crippen MR) is 114 cm³/mol. The fourth-order valence-electron chi connectivity index (χ4n) is 3.95. The van der Waals surface area contributed by atoms with E-state index in [2.05, 4.69) is 52.5 Å². The molecule has 5 heteroatoms. The van der Waals surface area contributed by atoms with Crippen LogP contribution in [0.4, 0.5) is 0 Å². The molecule has 2 aromatic carbocycles. The third-order valence-corrected chi connectivity index (χ3v) is 5.42. The number of fused-ring (bicyclic) bond motifs is 3. The average Bonchev–Trinajstić information content (AvgIpc) is 3.06. The molecular formula is C23H29N3O2. The maximum Gasteiger partial charge on any atom is 0.161 e. The lowest BCUT2D eigenvalue weighted by Crippen LogP contribution is -2.30. The van der Waals surface area contributed by atoms with Gasteiger partial charge in [0.1, 0.15) is 6.61 Å². The van der Waals surface area contributed by atoms with Gasteiger partial charge < -0.3 is 24.7 Å². The molecule has 28 heavy (non-hydrogen) atoms. The van der Waals surface area contributed by atoms with Crippen molar-refractivity contribution >= 4 is 10.9 Å². The molecule has 4 rings (SSSR count). The minimum Gasteiger partial charge on any atom is -0.493 e. The van der Waals surface area contributed by atoms with Crippen molar-refractivity contribution in [3.05, 3.63) is 58.8 Å². The molecule has 0 bridgehead atoms. The number of nitrogens with zero attached hydrogens (tertiary/aromatic N) is 1. The van der Waals surface area contributed by atoms with Crippen molar-refractivity contribution in [2.24, 2.45) is 0 Å². The lowest BCUT2D eigenvalue weighted by atomic mass is 9.94. The third-order valence-electron chi connectivity index (χ3n) is 5.42. The van der Waals surface area contributed by atoms with E-state index < -0.39 is 0 Å². The van der Waals surface area contributed by atoms with E-state index in [9.17, 15) is 0 Å². The van der Waals surface area contributed by atoms with Crippen LogP contribution in [0.3, 0.4) is 0 Å². The summed E-state index contributed by atoms with van der Waals surface area (Å²) in [5.41, 5.74) is 6.37. The Hall–Kier alpha value is -2.50. The Morgan fingerprint density at radius 1 is 1.11 bits per heavy atom. The van der Waals surface area contributed by atoms with Gasteiger partial charge in [0.15, 0.2) is 11.5 Å². The van der Waals surface area contributed by atoms with E-state index in [0.717, 1.165) is 31.0 Å². The normalized spacial score (nSPS) is 16.4. The molecule has 148 valence electrons. The van der Waals surface area contributed by atoms with Gasteiger partial charge in [-0.2, -0.15) is 0 Å². The van der Waals surface area contributed by atoms with Crippen LogP contribution in [-0.4, -0.2) is 50.8 Å². The Balaban J connectivity index is 1.66. The Morgan fingerprint density at radius 3 is 2.75 bits per heavy atom. The number of H-pyrrole nitrogens is 1. The number of benzene rings is 2. The second-order valence-corrected chi connectivity index (χ2v) is 7.77. The predicted octanol–water partition coefficient (Wildman–Crippen LogP) is 3.66. The SMILES string of the molecule is COc1cc(C2NCCc3c2[nH]c2ccc(C)cc32)ccc1OCCN(C)C. The van der Waals surface area contributed by atoms with E-state index in [0.29, 0.717) is 6.61 Å². The van der Waals surface area contributed by atoms with Crippen LogP contribution >= 0.6 is 0 Å². The zero-order chi connectivity index (χ0) is 19.7. The first-order chi connectivity index (χ1) is 13.6. The highest BCUT2D eigenvalue weighted by Crippen LogP contribution is 2.37. The molecule has 0 spiro atoms. The maximum atomic E-state index is 5.92. The van der Waals surface area contributed by atoms with Crippen molar-refractivity contribution < 1.29 is 9.47 Å². The molecule has 0 saturated carbocycles. The van der Waals surface area contributed by atoms with Crippen LogP contribution in [0.5, 0.6) is 11.5 Å². The van der Waals surface area contributed by atoms with Gasteiger partial charge in [-0.05, 0) is 62.8 Å². The molecule has 1 aliphatic heterocycles. The smallest absolute Gasteiger partial charge is 0.161 e. The molecule has 0 amide bonds. The van der Waals surface area contributed by atoms with Gasteiger partial charge in [0.25, 0.3) is 0 Å². The van der Waals surface area contributed by atoms with Gasteiger partial charge in [0, 0.05) is 29.7 Å².